The number of thioether (sulfide) groups is 1. The normalized spacial score (nSPS) is 10.4. The van der Waals surface area contributed by atoms with Gasteiger partial charge in [0.25, 0.3) is 0 Å². The second kappa shape index (κ2) is 5.13. The lowest BCUT2D eigenvalue weighted by Gasteiger charge is -2.08. The number of hydrogen-bond donors (Lipinski definition) is 0. The highest BCUT2D eigenvalue weighted by atomic mass is 35.5. The van der Waals surface area contributed by atoms with E-state index < -0.39 is 0 Å². The fraction of sp³-hybridized carbons (Fsp3) is 0.0769. The van der Waals surface area contributed by atoms with Gasteiger partial charge in [0.15, 0.2) is 0 Å². The smallest absolute Gasteiger partial charge is 0.0426 e. The van der Waals surface area contributed by atoms with Crippen LogP contribution in [0.5, 0.6) is 0 Å². The van der Waals surface area contributed by atoms with Gasteiger partial charge < -0.3 is 0 Å². The molecule has 0 saturated heterocycles. The molecule has 16 heavy (non-hydrogen) atoms. The molecule has 3 heteroatoms. The van der Waals surface area contributed by atoms with Gasteiger partial charge in [0.05, 0.1) is 0 Å². The zero-order valence-electron chi connectivity index (χ0n) is 8.71. The molecular formula is C13H10Cl2S. The molecule has 2 aromatic carbocycles. The lowest BCUT2D eigenvalue weighted by atomic mass is 10.1. The highest BCUT2D eigenvalue weighted by molar-refractivity contribution is 7.98. The van der Waals surface area contributed by atoms with Crippen molar-refractivity contribution >= 4 is 35.0 Å². The molecule has 0 aromatic heterocycles. The third-order valence-corrected chi connectivity index (χ3v) is 3.51. The average Bonchev–Trinajstić information content (AvgIpc) is 2.27. The number of benzene rings is 2. The predicted octanol–water partition coefficient (Wildman–Crippen LogP) is 5.38. The van der Waals surface area contributed by atoms with Crippen molar-refractivity contribution in [2.45, 2.75) is 4.90 Å². The van der Waals surface area contributed by atoms with Crippen molar-refractivity contribution in [3.8, 4) is 11.1 Å². The van der Waals surface area contributed by atoms with Gasteiger partial charge in [-0.05, 0) is 41.6 Å². The van der Waals surface area contributed by atoms with E-state index >= 15 is 0 Å². The number of halogens is 2. The quantitative estimate of drug-likeness (QED) is 0.659. The first kappa shape index (κ1) is 11.8. The van der Waals surface area contributed by atoms with Gasteiger partial charge in [-0.3, -0.25) is 0 Å². The summed E-state index contributed by atoms with van der Waals surface area (Å²) in [5.41, 5.74) is 2.22. The van der Waals surface area contributed by atoms with E-state index in [0.717, 1.165) is 5.56 Å². The third kappa shape index (κ3) is 2.54. The molecule has 0 atom stereocenters. The molecule has 0 heterocycles. The predicted molar refractivity (Wildman–Crippen MR) is 73.7 cm³/mol. The van der Waals surface area contributed by atoms with E-state index in [9.17, 15) is 0 Å². The van der Waals surface area contributed by atoms with Crippen molar-refractivity contribution < 1.29 is 0 Å². The van der Waals surface area contributed by atoms with E-state index in [1.54, 1.807) is 17.8 Å². The minimum absolute atomic E-state index is 0.665. The van der Waals surface area contributed by atoms with Crippen LogP contribution in [0.15, 0.2) is 47.4 Å². The molecule has 2 rings (SSSR count). The largest absolute Gasteiger partial charge is 0.129 e. The van der Waals surface area contributed by atoms with Gasteiger partial charge in [0, 0.05) is 14.9 Å². The van der Waals surface area contributed by atoms with Crippen LogP contribution < -0.4 is 0 Å². The first-order chi connectivity index (χ1) is 7.70. The van der Waals surface area contributed by atoms with Crippen LogP contribution in [0.1, 0.15) is 0 Å². The van der Waals surface area contributed by atoms with Crippen LogP contribution in [0.4, 0.5) is 0 Å². The van der Waals surface area contributed by atoms with Crippen molar-refractivity contribution in [1.82, 2.24) is 0 Å². The fourth-order valence-electron chi connectivity index (χ4n) is 1.59. The maximum atomic E-state index is 6.00. The summed E-state index contributed by atoms with van der Waals surface area (Å²) in [6.45, 7) is 0. The minimum Gasteiger partial charge on any atom is -0.129 e. The van der Waals surface area contributed by atoms with Crippen LogP contribution in [-0.4, -0.2) is 6.26 Å². The minimum atomic E-state index is 0.665. The van der Waals surface area contributed by atoms with Gasteiger partial charge >= 0.3 is 0 Å². The molecule has 0 aliphatic rings. The molecule has 0 nitrogen and oxygen atoms in total. The van der Waals surface area contributed by atoms with Crippen molar-refractivity contribution in [2.24, 2.45) is 0 Å². The molecule has 0 spiro atoms. The Hall–Kier alpha value is -0.630. The van der Waals surface area contributed by atoms with Crippen molar-refractivity contribution in [3.63, 3.8) is 0 Å². The summed E-state index contributed by atoms with van der Waals surface area (Å²) in [7, 11) is 0. The molecule has 0 aliphatic heterocycles. The van der Waals surface area contributed by atoms with Gasteiger partial charge in [-0.25, -0.2) is 0 Å². The maximum absolute atomic E-state index is 6.00. The lowest BCUT2D eigenvalue weighted by Crippen LogP contribution is -1.82. The topological polar surface area (TPSA) is 0 Å². The highest BCUT2D eigenvalue weighted by Gasteiger charge is 2.05. The van der Waals surface area contributed by atoms with Crippen molar-refractivity contribution in [1.29, 1.82) is 0 Å². The molecule has 0 fully saturated rings. The van der Waals surface area contributed by atoms with E-state index in [4.69, 9.17) is 23.2 Å². The summed E-state index contributed by atoms with van der Waals surface area (Å²) in [5, 5.41) is 1.33. The van der Waals surface area contributed by atoms with Crippen molar-refractivity contribution in [2.75, 3.05) is 6.26 Å². The molecular weight excluding hydrogens is 259 g/mol. The monoisotopic (exact) mass is 268 g/mol. The number of rotatable bonds is 2. The summed E-state index contributed by atoms with van der Waals surface area (Å²) < 4.78 is 0. The molecule has 0 bridgehead atoms. The third-order valence-electron chi connectivity index (χ3n) is 2.28. The van der Waals surface area contributed by atoms with Crippen molar-refractivity contribution in [3.05, 3.63) is 52.5 Å². The highest BCUT2D eigenvalue weighted by Crippen LogP contribution is 2.33. The van der Waals surface area contributed by atoms with E-state index in [1.165, 1.54) is 10.5 Å². The van der Waals surface area contributed by atoms with E-state index in [0.29, 0.717) is 10.0 Å². The van der Waals surface area contributed by atoms with E-state index in [1.807, 2.05) is 24.3 Å². The maximum Gasteiger partial charge on any atom is 0.0426 e. The Morgan fingerprint density at radius 3 is 2.19 bits per heavy atom. The van der Waals surface area contributed by atoms with E-state index in [-0.39, 0.29) is 0 Å². The Labute approximate surface area is 110 Å². The van der Waals surface area contributed by atoms with Gasteiger partial charge in [-0.2, -0.15) is 0 Å². The Kier molecular flexibility index (Phi) is 3.80. The Morgan fingerprint density at radius 2 is 1.56 bits per heavy atom. The summed E-state index contributed by atoms with van der Waals surface area (Å²) in [6.07, 6.45) is 2.06. The van der Waals surface area contributed by atoms with Gasteiger partial charge in [0.2, 0.25) is 0 Å². The molecule has 2 aromatic rings. The summed E-state index contributed by atoms with van der Waals surface area (Å²) >= 11 is 13.7. The molecule has 0 amide bonds. The van der Waals surface area contributed by atoms with Crippen LogP contribution in [0.25, 0.3) is 11.1 Å². The zero-order valence-corrected chi connectivity index (χ0v) is 11.0. The zero-order chi connectivity index (χ0) is 11.5. The summed E-state index contributed by atoms with van der Waals surface area (Å²) in [6, 6.07) is 13.8. The Morgan fingerprint density at radius 1 is 0.938 bits per heavy atom. The standard InChI is InChI=1S/C13H10Cl2S/c1-16-13-5-3-2-4-12(13)9-6-10(14)8-11(15)7-9/h2-8H,1H3. The Balaban J connectivity index is 2.58. The average molecular weight is 269 g/mol. The molecule has 82 valence electrons. The van der Waals surface area contributed by atoms with E-state index in [2.05, 4.69) is 18.4 Å². The Bertz CT molecular complexity index is 489. The molecule has 0 aliphatic carbocycles. The lowest BCUT2D eigenvalue weighted by molar-refractivity contribution is 1.45. The number of hydrogen-bond acceptors (Lipinski definition) is 1. The second-order valence-electron chi connectivity index (χ2n) is 3.36. The van der Waals surface area contributed by atoms with Crippen LogP contribution in [0, 0.1) is 0 Å². The van der Waals surface area contributed by atoms with Crippen LogP contribution in [0.3, 0.4) is 0 Å². The second-order valence-corrected chi connectivity index (χ2v) is 5.08. The molecule has 0 N–H and O–H groups in total. The first-order valence-corrected chi connectivity index (χ1v) is 6.78. The molecule has 0 unspecified atom stereocenters. The summed E-state index contributed by atoms with van der Waals surface area (Å²) in [5.74, 6) is 0. The fourth-order valence-corrected chi connectivity index (χ4v) is 2.74. The molecule has 0 radical (unpaired) electrons. The van der Waals surface area contributed by atoms with Crippen LogP contribution in [-0.2, 0) is 0 Å². The van der Waals surface area contributed by atoms with Gasteiger partial charge in [-0.1, -0.05) is 41.4 Å². The van der Waals surface area contributed by atoms with Gasteiger partial charge in [-0.15, -0.1) is 11.8 Å². The summed E-state index contributed by atoms with van der Waals surface area (Å²) in [4.78, 5) is 1.22. The first-order valence-electron chi connectivity index (χ1n) is 4.80. The van der Waals surface area contributed by atoms with Crippen LogP contribution >= 0.6 is 35.0 Å². The molecule has 0 saturated carbocycles. The van der Waals surface area contributed by atoms with Gasteiger partial charge in [0.1, 0.15) is 0 Å². The van der Waals surface area contributed by atoms with Crippen LogP contribution in [0.2, 0.25) is 10.0 Å². The SMILES string of the molecule is CSc1ccccc1-c1cc(Cl)cc(Cl)c1.